The number of sulfonamides is 1. The predicted molar refractivity (Wildman–Crippen MR) is 83.0 cm³/mol. The number of rotatable bonds is 5. The van der Waals surface area contributed by atoms with Crippen LogP contribution in [0.25, 0.3) is 6.08 Å². The molecular weight excluding hydrogens is 286 g/mol. The van der Waals surface area contributed by atoms with E-state index in [4.69, 9.17) is 0 Å². The first-order chi connectivity index (χ1) is 10.0. The molecule has 1 N–H and O–H groups in total. The highest BCUT2D eigenvalue weighted by Crippen LogP contribution is 2.18. The van der Waals surface area contributed by atoms with Gasteiger partial charge in [0.25, 0.3) is 10.0 Å². The van der Waals surface area contributed by atoms with Gasteiger partial charge in [-0.1, -0.05) is 42.0 Å². The van der Waals surface area contributed by atoms with E-state index in [1.807, 2.05) is 6.92 Å². The Balaban J connectivity index is 2.24. The topological polar surface area (TPSA) is 66.1 Å². The second-order valence-electron chi connectivity index (χ2n) is 4.61. The van der Waals surface area contributed by atoms with Gasteiger partial charge in [-0.25, -0.2) is 13.5 Å². The zero-order valence-electron chi connectivity index (χ0n) is 11.6. The van der Waals surface area contributed by atoms with Gasteiger partial charge in [-0.3, -0.25) is 4.72 Å². The third-order valence-electron chi connectivity index (χ3n) is 2.88. The first-order valence-corrected chi connectivity index (χ1v) is 7.94. The molecule has 0 amide bonds. The Morgan fingerprint density at radius 2 is 1.81 bits per heavy atom. The Morgan fingerprint density at radius 1 is 1.10 bits per heavy atom. The van der Waals surface area contributed by atoms with Crippen LogP contribution in [0.3, 0.4) is 0 Å². The largest absolute Gasteiger partial charge is 0.280 e. The average Bonchev–Trinajstić information content (AvgIpc) is 2.45. The molecule has 0 heterocycles. The van der Waals surface area contributed by atoms with Crippen LogP contribution in [0.4, 0.5) is 5.69 Å². The fourth-order valence-corrected chi connectivity index (χ4v) is 2.87. The lowest BCUT2D eigenvalue weighted by Gasteiger charge is -2.09. The maximum Gasteiger partial charge on any atom is 0.261 e. The van der Waals surface area contributed by atoms with Gasteiger partial charge in [-0.2, -0.15) is 0 Å². The Morgan fingerprint density at radius 3 is 2.48 bits per heavy atom. The van der Waals surface area contributed by atoms with Gasteiger partial charge in [0.2, 0.25) is 0 Å². The summed E-state index contributed by atoms with van der Waals surface area (Å²) in [6.45, 7) is 1.59. The summed E-state index contributed by atoms with van der Waals surface area (Å²) < 4.78 is 27.0. The van der Waals surface area contributed by atoms with E-state index in [1.165, 1.54) is 6.08 Å². The summed E-state index contributed by atoms with van der Waals surface area (Å²) in [6, 6.07) is 13.5. The van der Waals surface area contributed by atoms with Crippen molar-refractivity contribution < 1.29 is 13.5 Å². The number of aryl methyl sites for hydroxylation is 1. The molecule has 109 valence electrons. The van der Waals surface area contributed by atoms with Gasteiger partial charge < -0.3 is 0 Å². The van der Waals surface area contributed by atoms with E-state index in [2.05, 4.69) is 4.72 Å². The summed E-state index contributed by atoms with van der Waals surface area (Å²) in [5, 5.41) is 10.4. The van der Waals surface area contributed by atoms with Crippen molar-refractivity contribution in [2.24, 2.45) is 0 Å². The zero-order valence-corrected chi connectivity index (χ0v) is 12.4. The fourth-order valence-electron chi connectivity index (χ4n) is 1.82. The molecule has 0 bridgehead atoms. The van der Waals surface area contributed by atoms with E-state index < -0.39 is 10.0 Å². The molecule has 0 aliphatic rings. The predicted octanol–water partition coefficient (Wildman–Crippen LogP) is 3.24. The van der Waals surface area contributed by atoms with Crippen LogP contribution in [0, 0.1) is 6.92 Å². The first kappa shape index (κ1) is 15.3. The number of hydrogen-bond donors (Lipinski definition) is 1. The van der Waals surface area contributed by atoms with E-state index in [-0.39, 0.29) is 11.5 Å². The standard InChI is InChI=1S/C16H16NO3S/c1-13-7-9-16(10-8-13)21(19,20)17-15-6-2-4-14(12-15)5-3-11-18/h2-10,12,17H,11H2,1H3. The van der Waals surface area contributed by atoms with E-state index in [0.717, 1.165) is 11.1 Å². The highest BCUT2D eigenvalue weighted by atomic mass is 32.2. The fraction of sp³-hybridized carbons (Fsp3) is 0.125. The van der Waals surface area contributed by atoms with Crippen molar-refractivity contribution >= 4 is 21.8 Å². The van der Waals surface area contributed by atoms with Gasteiger partial charge in [0.1, 0.15) is 6.61 Å². The molecule has 1 radical (unpaired) electrons. The van der Waals surface area contributed by atoms with Gasteiger partial charge in [0, 0.05) is 5.69 Å². The van der Waals surface area contributed by atoms with Gasteiger partial charge in [-0.05, 0) is 36.8 Å². The molecule has 2 rings (SSSR count). The first-order valence-electron chi connectivity index (χ1n) is 6.45. The van der Waals surface area contributed by atoms with Crippen molar-refractivity contribution in [2.75, 3.05) is 11.3 Å². The Labute approximate surface area is 124 Å². The second-order valence-corrected chi connectivity index (χ2v) is 6.30. The lowest BCUT2D eigenvalue weighted by Crippen LogP contribution is -2.12. The van der Waals surface area contributed by atoms with E-state index in [9.17, 15) is 13.5 Å². The van der Waals surface area contributed by atoms with Crippen molar-refractivity contribution in [2.45, 2.75) is 11.8 Å². The third-order valence-corrected chi connectivity index (χ3v) is 4.27. The molecule has 0 fully saturated rings. The van der Waals surface area contributed by atoms with Crippen molar-refractivity contribution in [1.82, 2.24) is 0 Å². The van der Waals surface area contributed by atoms with Crippen LogP contribution in [0.15, 0.2) is 59.5 Å². The lowest BCUT2D eigenvalue weighted by molar-refractivity contribution is 0.233. The smallest absolute Gasteiger partial charge is 0.261 e. The highest BCUT2D eigenvalue weighted by molar-refractivity contribution is 7.92. The molecule has 0 aliphatic heterocycles. The van der Waals surface area contributed by atoms with E-state index >= 15 is 0 Å². The van der Waals surface area contributed by atoms with Crippen molar-refractivity contribution in [3.8, 4) is 0 Å². The summed E-state index contributed by atoms with van der Waals surface area (Å²) in [4.78, 5) is 0.216. The SMILES string of the molecule is Cc1ccc(S(=O)(=O)Nc2cccc(C=CC[O])c2)cc1. The van der Waals surface area contributed by atoms with Crippen LogP contribution in [0.2, 0.25) is 0 Å². The minimum atomic E-state index is -3.60. The molecule has 2 aromatic carbocycles. The van der Waals surface area contributed by atoms with Crippen molar-refractivity contribution in [3.05, 3.63) is 65.7 Å². The molecule has 0 unspecified atom stereocenters. The summed E-state index contributed by atoms with van der Waals surface area (Å²) in [6.07, 6.45) is 3.14. The van der Waals surface area contributed by atoms with Crippen LogP contribution >= 0.6 is 0 Å². The Kier molecular flexibility index (Phi) is 4.77. The molecule has 0 saturated heterocycles. The summed E-state index contributed by atoms with van der Waals surface area (Å²) in [5.74, 6) is 0. The van der Waals surface area contributed by atoms with Crippen LogP contribution in [0.5, 0.6) is 0 Å². The molecule has 0 saturated carbocycles. The lowest BCUT2D eigenvalue weighted by atomic mass is 10.2. The second kappa shape index (κ2) is 6.56. The van der Waals surface area contributed by atoms with Gasteiger partial charge in [0.15, 0.2) is 0 Å². The molecule has 0 aliphatic carbocycles. The summed E-state index contributed by atoms with van der Waals surface area (Å²) in [5.41, 5.74) is 2.23. The highest BCUT2D eigenvalue weighted by Gasteiger charge is 2.13. The summed E-state index contributed by atoms with van der Waals surface area (Å²) in [7, 11) is -3.60. The molecule has 21 heavy (non-hydrogen) atoms. The number of nitrogens with one attached hydrogen (secondary N) is 1. The van der Waals surface area contributed by atoms with E-state index in [0.29, 0.717) is 5.69 Å². The van der Waals surface area contributed by atoms with E-state index in [1.54, 1.807) is 54.6 Å². The molecule has 4 nitrogen and oxygen atoms in total. The zero-order chi connectivity index (χ0) is 15.3. The minimum Gasteiger partial charge on any atom is -0.280 e. The molecule has 0 atom stereocenters. The third kappa shape index (κ3) is 4.18. The normalized spacial score (nSPS) is 11.7. The Hall–Kier alpha value is -2.11. The van der Waals surface area contributed by atoms with Crippen LogP contribution in [0.1, 0.15) is 11.1 Å². The maximum atomic E-state index is 12.3. The van der Waals surface area contributed by atoms with Crippen molar-refractivity contribution in [3.63, 3.8) is 0 Å². The summed E-state index contributed by atoms with van der Waals surface area (Å²) >= 11 is 0. The minimum absolute atomic E-state index is 0.216. The maximum absolute atomic E-state index is 12.3. The number of benzene rings is 2. The van der Waals surface area contributed by atoms with Crippen LogP contribution in [-0.4, -0.2) is 15.0 Å². The molecule has 0 spiro atoms. The van der Waals surface area contributed by atoms with Gasteiger partial charge in [0.05, 0.1) is 4.90 Å². The van der Waals surface area contributed by atoms with Crippen LogP contribution < -0.4 is 4.72 Å². The quantitative estimate of drug-likeness (QED) is 0.921. The molecule has 0 aromatic heterocycles. The number of hydrogen-bond acceptors (Lipinski definition) is 2. The van der Waals surface area contributed by atoms with Gasteiger partial charge in [-0.15, -0.1) is 0 Å². The monoisotopic (exact) mass is 302 g/mol. The molecule has 2 aromatic rings. The molecular formula is C16H16NO3S. The Bertz CT molecular complexity index is 734. The van der Waals surface area contributed by atoms with Crippen molar-refractivity contribution in [1.29, 1.82) is 0 Å². The average molecular weight is 302 g/mol. The number of anilines is 1. The van der Waals surface area contributed by atoms with Crippen LogP contribution in [-0.2, 0) is 15.1 Å². The van der Waals surface area contributed by atoms with Gasteiger partial charge >= 0.3 is 0 Å². The molecule has 5 heteroatoms.